The van der Waals surface area contributed by atoms with Gasteiger partial charge in [-0.25, -0.2) is 4.79 Å². The van der Waals surface area contributed by atoms with Gasteiger partial charge >= 0.3 is 16.3 Å². The van der Waals surface area contributed by atoms with Gasteiger partial charge in [0.05, 0.1) is 6.61 Å². The van der Waals surface area contributed by atoms with Gasteiger partial charge in [0.2, 0.25) is 0 Å². The summed E-state index contributed by atoms with van der Waals surface area (Å²) in [7, 11) is -2.50. The van der Waals surface area contributed by atoms with E-state index >= 15 is 0 Å². The molecule has 0 aromatic rings. The average molecular weight is 251 g/mol. The van der Waals surface area contributed by atoms with Crippen molar-refractivity contribution in [3.8, 4) is 0 Å². The summed E-state index contributed by atoms with van der Waals surface area (Å²) in [5.41, 5.74) is -1.95. The molecule has 0 N–H and O–H groups in total. The van der Waals surface area contributed by atoms with Crippen molar-refractivity contribution in [2.24, 2.45) is 0 Å². The first-order chi connectivity index (χ1) is 6.99. The van der Waals surface area contributed by atoms with Crippen molar-refractivity contribution in [1.29, 1.82) is 0 Å². The van der Waals surface area contributed by atoms with Gasteiger partial charge in [0.1, 0.15) is 5.60 Å². The summed E-state index contributed by atoms with van der Waals surface area (Å²) in [6.45, 7) is 6.42. The third kappa shape index (κ3) is 2.36. The molecule has 1 atom stereocenters. The van der Waals surface area contributed by atoms with Crippen molar-refractivity contribution < 1.29 is 22.1 Å². The Labute approximate surface area is 95.8 Å². The molecule has 7 heteroatoms. The molecule has 1 fully saturated rings. The summed E-state index contributed by atoms with van der Waals surface area (Å²) < 4.78 is 33.3. The second kappa shape index (κ2) is 3.68. The molecule has 0 spiro atoms. The molecule has 1 rings (SSSR count). The summed E-state index contributed by atoms with van der Waals surface area (Å²) in [4.78, 5) is 11.9. The molecule has 0 bridgehead atoms. The lowest BCUT2D eigenvalue weighted by Gasteiger charge is -2.29. The topological polar surface area (TPSA) is 72.9 Å². The van der Waals surface area contributed by atoms with E-state index < -0.39 is 27.4 Å². The van der Waals surface area contributed by atoms with Gasteiger partial charge in [-0.2, -0.15) is 12.7 Å². The molecule has 0 radical (unpaired) electrons. The fraction of sp³-hybridized carbons (Fsp3) is 0.889. The Morgan fingerprint density at radius 2 is 1.94 bits per heavy atom. The predicted octanol–water partition coefficient (Wildman–Crippen LogP) is 0.294. The lowest BCUT2D eigenvalue weighted by atomic mass is 10.0. The average Bonchev–Trinajstić information content (AvgIpc) is 2.28. The van der Waals surface area contributed by atoms with Crippen molar-refractivity contribution in [3.63, 3.8) is 0 Å². The van der Waals surface area contributed by atoms with Crippen molar-refractivity contribution >= 4 is 16.3 Å². The minimum Gasteiger partial charge on any atom is -0.458 e. The van der Waals surface area contributed by atoms with E-state index in [9.17, 15) is 13.2 Å². The molecule has 1 heterocycles. The molecule has 0 aromatic heterocycles. The van der Waals surface area contributed by atoms with Gasteiger partial charge in [-0.3, -0.25) is 4.18 Å². The van der Waals surface area contributed by atoms with Crippen LogP contribution in [0.1, 0.15) is 27.7 Å². The standard InChI is InChI=1S/C9H17NO5S/c1-8(2,3)15-7(11)9(4)6-14-16(12,13)10(9)5/h6H2,1-5H3. The van der Waals surface area contributed by atoms with E-state index in [1.165, 1.54) is 14.0 Å². The number of esters is 1. The Morgan fingerprint density at radius 3 is 2.25 bits per heavy atom. The maximum absolute atomic E-state index is 11.9. The first kappa shape index (κ1) is 13.4. The second-order valence-electron chi connectivity index (χ2n) is 4.96. The maximum Gasteiger partial charge on any atom is 0.339 e. The zero-order chi connectivity index (χ0) is 12.8. The molecule has 0 saturated carbocycles. The molecule has 0 amide bonds. The number of hydrogen-bond donors (Lipinski definition) is 0. The van der Waals surface area contributed by atoms with Crippen molar-refractivity contribution in [3.05, 3.63) is 0 Å². The fourth-order valence-electron chi connectivity index (χ4n) is 1.18. The minimum atomic E-state index is -3.80. The summed E-state index contributed by atoms with van der Waals surface area (Å²) in [5.74, 6) is -0.608. The molecular weight excluding hydrogens is 234 g/mol. The smallest absolute Gasteiger partial charge is 0.339 e. The highest BCUT2D eigenvalue weighted by atomic mass is 32.2. The Kier molecular flexibility index (Phi) is 3.08. The fourth-order valence-corrected chi connectivity index (χ4v) is 2.34. The summed E-state index contributed by atoms with van der Waals surface area (Å²) in [5, 5.41) is 0. The van der Waals surface area contributed by atoms with Crippen LogP contribution in [0, 0.1) is 0 Å². The lowest BCUT2D eigenvalue weighted by Crippen LogP contribution is -2.51. The number of ether oxygens (including phenoxy) is 1. The quantitative estimate of drug-likeness (QED) is 0.626. The van der Waals surface area contributed by atoms with Crippen molar-refractivity contribution in [2.75, 3.05) is 13.7 Å². The number of nitrogens with zero attached hydrogens (tertiary/aromatic N) is 1. The van der Waals surface area contributed by atoms with Crippen LogP contribution in [0.3, 0.4) is 0 Å². The third-order valence-corrected chi connectivity index (χ3v) is 3.85. The molecule has 1 saturated heterocycles. The van der Waals surface area contributed by atoms with Crippen LogP contribution in [0.2, 0.25) is 0 Å². The van der Waals surface area contributed by atoms with Crippen LogP contribution >= 0.6 is 0 Å². The zero-order valence-corrected chi connectivity index (χ0v) is 10.9. The predicted molar refractivity (Wildman–Crippen MR) is 56.9 cm³/mol. The highest BCUT2D eigenvalue weighted by molar-refractivity contribution is 7.84. The second-order valence-corrected chi connectivity index (χ2v) is 6.60. The van der Waals surface area contributed by atoms with E-state index in [1.807, 2.05) is 0 Å². The first-order valence-electron chi connectivity index (χ1n) is 4.86. The van der Waals surface area contributed by atoms with Crippen LogP contribution in [-0.4, -0.2) is 43.5 Å². The monoisotopic (exact) mass is 251 g/mol. The molecule has 94 valence electrons. The molecule has 6 nitrogen and oxygen atoms in total. The number of likely N-dealkylation sites (N-methyl/N-ethyl adjacent to an activating group) is 1. The SMILES string of the molecule is CN1C(C)(C(=O)OC(C)(C)C)COS1(=O)=O. The van der Waals surface area contributed by atoms with E-state index in [-0.39, 0.29) is 6.61 Å². The molecule has 16 heavy (non-hydrogen) atoms. The third-order valence-electron chi connectivity index (χ3n) is 2.36. The van der Waals surface area contributed by atoms with E-state index in [0.717, 1.165) is 4.31 Å². The van der Waals surface area contributed by atoms with Gasteiger partial charge in [0.15, 0.2) is 5.54 Å². The normalized spacial score (nSPS) is 30.3. The molecule has 0 aliphatic carbocycles. The molecular formula is C9H17NO5S. The summed E-state index contributed by atoms with van der Waals surface area (Å²) in [6, 6.07) is 0. The lowest BCUT2D eigenvalue weighted by molar-refractivity contribution is -0.165. The highest BCUT2D eigenvalue weighted by Crippen LogP contribution is 2.29. The van der Waals surface area contributed by atoms with Gasteiger partial charge in [-0.05, 0) is 27.7 Å². The highest BCUT2D eigenvalue weighted by Gasteiger charge is 2.52. The van der Waals surface area contributed by atoms with E-state index in [4.69, 9.17) is 4.74 Å². The Bertz CT molecular complexity index is 397. The zero-order valence-electron chi connectivity index (χ0n) is 10.1. The van der Waals surface area contributed by atoms with Crippen molar-refractivity contribution in [2.45, 2.75) is 38.8 Å². The van der Waals surface area contributed by atoms with Crippen LogP contribution in [0.15, 0.2) is 0 Å². The van der Waals surface area contributed by atoms with E-state index in [2.05, 4.69) is 4.18 Å². The van der Waals surface area contributed by atoms with Gasteiger partial charge in [-0.1, -0.05) is 0 Å². The van der Waals surface area contributed by atoms with Gasteiger partial charge in [0, 0.05) is 7.05 Å². The van der Waals surface area contributed by atoms with E-state index in [1.54, 1.807) is 20.8 Å². The number of rotatable bonds is 1. The summed E-state index contributed by atoms with van der Waals surface area (Å²) in [6.07, 6.45) is 0. The van der Waals surface area contributed by atoms with Crippen molar-refractivity contribution in [1.82, 2.24) is 4.31 Å². The molecule has 1 aliphatic heterocycles. The first-order valence-corrected chi connectivity index (χ1v) is 6.22. The largest absolute Gasteiger partial charge is 0.458 e. The van der Waals surface area contributed by atoms with Crippen LogP contribution < -0.4 is 0 Å². The molecule has 1 aliphatic rings. The van der Waals surface area contributed by atoms with Crippen LogP contribution in [0.5, 0.6) is 0 Å². The number of hydrogen-bond acceptors (Lipinski definition) is 5. The number of carbonyl (C=O) groups excluding carboxylic acids is 1. The summed E-state index contributed by atoms with van der Waals surface area (Å²) >= 11 is 0. The maximum atomic E-state index is 11.9. The van der Waals surface area contributed by atoms with Crippen LogP contribution in [0.25, 0.3) is 0 Å². The van der Waals surface area contributed by atoms with Crippen LogP contribution in [0.4, 0.5) is 0 Å². The Hall–Kier alpha value is -0.660. The number of carbonyl (C=O) groups is 1. The van der Waals surface area contributed by atoms with E-state index in [0.29, 0.717) is 0 Å². The Morgan fingerprint density at radius 1 is 1.44 bits per heavy atom. The van der Waals surface area contributed by atoms with Crippen LogP contribution in [-0.2, 0) is 24.0 Å². The molecule has 0 aromatic carbocycles. The van der Waals surface area contributed by atoms with Gasteiger partial charge in [0.25, 0.3) is 0 Å². The van der Waals surface area contributed by atoms with Gasteiger partial charge in [-0.15, -0.1) is 0 Å². The van der Waals surface area contributed by atoms with Gasteiger partial charge < -0.3 is 4.74 Å². The Balaban J connectivity index is 2.93. The minimum absolute atomic E-state index is 0.221. The molecule has 1 unspecified atom stereocenters.